The maximum Gasteiger partial charge on any atom is 0.270 e. The second-order valence-electron chi connectivity index (χ2n) is 7.64. The number of hydrogen-bond donors (Lipinski definition) is 1. The highest BCUT2D eigenvalue weighted by molar-refractivity contribution is 6.09. The van der Waals surface area contributed by atoms with Crippen molar-refractivity contribution in [2.75, 3.05) is 18.6 Å². The molecule has 6 nitrogen and oxygen atoms in total. The summed E-state index contributed by atoms with van der Waals surface area (Å²) in [6, 6.07) is 5.81. The highest BCUT2D eigenvalue weighted by Crippen LogP contribution is 2.47. The lowest BCUT2D eigenvalue weighted by Crippen LogP contribution is -2.80. The summed E-state index contributed by atoms with van der Waals surface area (Å²) in [6.07, 6.45) is -2.11. The smallest absolute Gasteiger partial charge is 0.270 e. The maximum atomic E-state index is 15.8. The molecule has 4 atom stereocenters. The second kappa shape index (κ2) is 6.48. The van der Waals surface area contributed by atoms with Gasteiger partial charge < -0.3 is 19.3 Å². The van der Waals surface area contributed by atoms with E-state index in [1.54, 1.807) is 59.1 Å². The Kier molecular flexibility index (Phi) is 4.75. The fourth-order valence-corrected chi connectivity index (χ4v) is 3.67. The molecular weight excluding hydrogens is 341 g/mol. The lowest BCUT2D eigenvalue weighted by atomic mass is 9.73. The van der Waals surface area contributed by atoms with E-state index in [0.29, 0.717) is 11.4 Å². The Balaban J connectivity index is 1.96. The first kappa shape index (κ1) is 19.1. The summed E-state index contributed by atoms with van der Waals surface area (Å²) in [5.41, 5.74) is -1.89. The van der Waals surface area contributed by atoms with Gasteiger partial charge in [0.05, 0.1) is 13.7 Å². The van der Waals surface area contributed by atoms with Gasteiger partial charge in [0.15, 0.2) is 5.79 Å². The Bertz CT molecular complexity index is 677. The van der Waals surface area contributed by atoms with Crippen molar-refractivity contribution in [3.63, 3.8) is 0 Å². The zero-order valence-electron chi connectivity index (χ0n) is 15.7. The van der Waals surface area contributed by atoms with Gasteiger partial charge in [0.1, 0.15) is 24.0 Å². The van der Waals surface area contributed by atoms with Crippen LogP contribution in [0.4, 0.5) is 10.1 Å². The minimum absolute atomic E-state index is 0.147. The zero-order chi connectivity index (χ0) is 19.3. The van der Waals surface area contributed by atoms with Crippen LogP contribution in [0.15, 0.2) is 24.3 Å². The molecule has 1 aromatic rings. The van der Waals surface area contributed by atoms with Gasteiger partial charge in [0.25, 0.3) is 5.91 Å². The molecule has 2 heterocycles. The molecule has 26 heavy (non-hydrogen) atoms. The fraction of sp³-hybridized carbons (Fsp3) is 0.632. The monoisotopic (exact) mass is 367 g/mol. The van der Waals surface area contributed by atoms with Crippen LogP contribution in [0.25, 0.3) is 0 Å². The molecule has 2 fully saturated rings. The minimum atomic E-state index is -2.41. The number of β-lactam (4-membered cyclic amide) rings is 1. The Morgan fingerprint density at radius 1 is 1.31 bits per heavy atom. The van der Waals surface area contributed by atoms with E-state index in [1.807, 2.05) is 0 Å². The van der Waals surface area contributed by atoms with Gasteiger partial charge in [0, 0.05) is 5.69 Å². The van der Waals surface area contributed by atoms with Crippen LogP contribution in [0.2, 0.25) is 0 Å². The highest BCUT2D eigenvalue weighted by atomic mass is 19.1. The Morgan fingerprint density at radius 2 is 1.92 bits per heavy atom. The quantitative estimate of drug-likeness (QED) is 0.809. The number of benzene rings is 1. The van der Waals surface area contributed by atoms with Crippen molar-refractivity contribution in [2.45, 2.75) is 57.4 Å². The number of carbonyl (C=O) groups excluding carboxylic acids is 1. The average Bonchev–Trinajstić information content (AvgIpc) is 2.96. The summed E-state index contributed by atoms with van der Waals surface area (Å²) in [4.78, 5) is 14.1. The second-order valence-corrected chi connectivity index (χ2v) is 7.64. The highest BCUT2D eigenvalue weighted by Gasteiger charge is 2.70. The van der Waals surface area contributed by atoms with Crippen molar-refractivity contribution in [2.24, 2.45) is 5.92 Å². The number of anilines is 1. The van der Waals surface area contributed by atoms with Crippen molar-refractivity contribution in [1.82, 2.24) is 0 Å². The molecule has 1 amide bonds. The van der Waals surface area contributed by atoms with E-state index in [9.17, 15) is 9.90 Å². The van der Waals surface area contributed by atoms with Gasteiger partial charge in [-0.3, -0.25) is 9.69 Å². The number of nitrogens with zero attached hydrogens (tertiary/aromatic N) is 1. The third kappa shape index (κ3) is 2.88. The van der Waals surface area contributed by atoms with Crippen LogP contribution in [-0.2, 0) is 14.3 Å². The lowest BCUT2D eigenvalue weighted by Gasteiger charge is -2.55. The molecule has 0 spiro atoms. The number of ether oxygens (including phenoxy) is 3. The largest absolute Gasteiger partial charge is 0.497 e. The van der Waals surface area contributed by atoms with Crippen LogP contribution >= 0.6 is 0 Å². The number of carbonyl (C=O) groups is 1. The molecule has 1 unspecified atom stereocenters. The van der Waals surface area contributed by atoms with Crippen LogP contribution in [0.5, 0.6) is 5.75 Å². The predicted molar refractivity (Wildman–Crippen MR) is 93.9 cm³/mol. The third-order valence-electron chi connectivity index (χ3n) is 5.05. The van der Waals surface area contributed by atoms with E-state index in [1.165, 1.54) is 4.90 Å². The predicted octanol–water partition coefficient (Wildman–Crippen LogP) is 2.29. The van der Waals surface area contributed by atoms with Crippen molar-refractivity contribution >= 4 is 11.6 Å². The van der Waals surface area contributed by atoms with E-state index in [2.05, 4.69) is 0 Å². The summed E-state index contributed by atoms with van der Waals surface area (Å²) in [5.74, 6) is -1.41. The number of amides is 1. The minimum Gasteiger partial charge on any atom is -0.497 e. The Hall–Kier alpha value is -1.70. The first-order valence-electron chi connectivity index (χ1n) is 8.78. The summed E-state index contributed by atoms with van der Waals surface area (Å²) < 4.78 is 32.3. The summed E-state index contributed by atoms with van der Waals surface area (Å²) >= 11 is 0. The van der Waals surface area contributed by atoms with Crippen LogP contribution < -0.4 is 9.64 Å². The SMILES string of the molecule is COc1ccc(N2C(=O)[C@@](F)(C(O)C(C)C)[C@@H]2[C@H]2COC(C)(C)O2)cc1. The normalized spacial score (nSPS) is 31.8. The van der Waals surface area contributed by atoms with Crippen molar-refractivity contribution in [1.29, 1.82) is 0 Å². The summed E-state index contributed by atoms with van der Waals surface area (Å²) in [5, 5.41) is 10.4. The van der Waals surface area contributed by atoms with Gasteiger partial charge in [-0.25, -0.2) is 4.39 Å². The molecule has 0 bridgehead atoms. The molecule has 0 radical (unpaired) electrons. The van der Waals surface area contributed by atoms with Crippen molar-refractivity contribution in [3.05, 3.63) is 24.3 Å². The molecule has 0 aliphatic carbocycles. The summed E-state index contributed by atoms with van der Waals surface area (Å²) in [7, 11) is 1.55. The van der Waals surface area contributed by atoms with Crippen molar-refractivity contribution < 1.29 is 28.5 Å². The van der Waals surface area contributed by atoms with Gasteiger partial charge in [-0.05, 0) is 44.0 Å². The standard InChI is InChI=1S/C19H26FNO5/c1-11(2)16(22)19(20)15(14-10-25-18(3,4)26-14)21(17(19)23)12-6-8-13(24-5)9-7-12/h6-9,11,14-16,22H,10H2,1-5H3/t14-,15+,16?,19+/m1/s1. The third-order valence-corrected chi connectivity index (χ3v) is 5.05. The Morgan fingerprint density at radius 3 is 2.38 bits per heavy atom. The number of methoxy groups -OCH3 is 1. The Labute approximate surface area is 152 Å². The topological polar surface area (TPSA) is 68.2 Å². The molecule has 144 valence electrons. The number of hydrogen-bond acceptors (Lipinski definition) is 5. The van der Waals surface area contributed by atoms with E-state index in [4.69, 9.17) is 14.2 Å². The van der Waals surface area contributed by atoms with Gasteiger partial charge >= 0.3 is 0 Å². The molecule has 1 aromatic carbocycles. The maximum absolute atomic E-state index is 15.8. The molecule has 2 aliphatic heterocycles. The van der Waals surface area contributed by atoms with Crippen LogP contribution in [0.1, 0.15) is 27.7 Å². The molecule has 1 N–H and O–H groups in total. The van der Waals surface area contributed by atoms with Crippen molar-refractivity contribution in [3.8, 4) is 5.75 Å². The average molecular weight is 367 g/mol. The van der Waals surface area contributed by atoms with Crippen LogP contribution in [0.3, 0.4) is 0 Å². The van der Waals surface area contributed by atoms with E-state index >= 15 is 4.39 Å². The van der Waals surface area contributed by atoms with E-state index < -0.39 is 41.5 Å². The molecule has 0 saturated carbocycles. The first-order valence-corrected chi connectivity index (χ1v) is 8.78. The number of aliphatic hydroxyl groups is 1. The summed E-state index contributed by atoms with van der Waals surface area (Å²) in [6.45, 7) is 6.99. The van der Waals surface area contributed by atoms with E-state index in [0.717, 1.165) is 0 Å². The number of rotatable bonds is 5. The molecule has 7 heteroatoms. The number of aliphatic hydroxyl groups excluding tert-OH is 1. The zero-order valence-corrected chi connectivity index (χ0v) is 15.7. The number of alkyl halides is 1. The molecule has 3 rings (SSSR count). The molecular formula is C19H26FNO5. The van der Waals surface area contributed by atoms with Gasteiger partial charge in [-0.2, -0.15) is 0 Å². The fourth-order valence-electron chi connectivity index (χ4n) is 3.67. The van der Waals surface area contributed by atoms with E-state index in [-0.39, 0.29) is 6.61 Å². The molecule has 2 saturated heterocycles. The number of halogens is 1. The lowest BCUT2D eigenvalue weighted by molar-refractivity contribution is -0.179. The first-order chi connectivity index (χ1) is 12.1. The van der Waals surface area contributed by atoms with Gasteiger partial charge in [0.2, 0.25) is 5.67 Å². The van der Waals surface area contributed by atoms with Crippen LogP contribution in [-0.4, -0.2) is 54.4 Å². The van der Waals surface area contributed by atoms with Crippen LogP contribution in [0, 0.1) is 5.92 Å². The van der Waals surface area contributed by atoms with Gasteiger partial charge in [-0.15, -0.1) is 0 Å². The molecule has 2 aliphatic rings. The van der Waals surface area contributed by atoms with Gasteiger partial charge in [-0.1, -0.05) is 13.8 Å². The molecule has 0 aromatic heterocycles.